The molecule has 2 rings (SSSR count). The summed E-state index contributed by atoms with van der Waals surface area (Å²) in [5.41, 5.74) is 0.565. The molecule has 0 amide bonds. The van der Waals surface area contributed by atoms with Crippen molar-refractivity contribution in [1.29, 1.82) is 0 Å². The molecular weight excluding hydrogens is 253 g/mol. The minimum absolute atomic E-state index is 0.0504. The van der Waals surface area contributed by atoms with Crippen molar-refractivity contribution in [3.63, 3.8) is 0 Å². The van der Waals surface area contributed by atoms with Crippen LogP contribution in [0.4, 0.5) is 4.39 Å². The Labute approximate surface area is 112 Å². The van der Waals surface area contributed by atoms with Crippen LogP contribution in [-0.2, 0) is 11.2 Å². The summed E-state index contributed by atoms with van der Waals surface area (Å²) in [5.74, 6) is -0.305. The Balaban J connectivity index is 1.84. The predicted octanol–water partition coefficient (Wildman–Crippen LogP) is 3.12. The molecule has 2 nitrogen and oxygen atoms in total. The summed E-state index contributed by atoms with van der Waals surface area (Å²) in [4.78, 5) is 11.8. The van der Waals surface area contributed by atoms with Crippen molar-refractivity contribution in [2.45, 2.75) is 38.1 Å². The molecule has 0 aliphatic heterocycles. The molecule has 1 N–H and O–H groups in total. The van der Waals surface area contributed by atoms with Crippen LogP contribution < -0.4 is 5.32 Å². The van der Waals surface area contributed by atoms with Gasteiger partial charge in [-0.3, -0.25) is 4.79 Å². The van der Waals surface area contributed by atoms with E-state index in [1.54, 1.807) is 0 Å². The molecule has 0 bridgehead atoms. The zero-order valence-electron chi connectivity index (χ0n) is 10.2. The number of ketones is 1. The van der Waals surface area contributed by atoms with Crippen molar-refractivity contribution in [3.8, 4) is 0 Å². The van der Waals surface area contributed by atoms with Crippen molar-refractivity contribution in [2.75, 3.05) is 6.54 Å². The van der Waals surface area contributed by atoms with Crippen LogP contribution in [0.25, 0.3) is 0 Å². The second-order valence-corrected chi connectivity index (χ2v) is 5.22. The van der Waals surface area contributed by atoms with E-state index in [9.17, 15) is 9.18 Å². The molecule has 4 heteroatoms. The van der Waals surface area contributed by atoms with E-state index >= 15 is 0 Å². The molecule has 1 aromatic rings. The molecule has 1 fully saturated rings. The van der Waals surface area contributed by atoms with Crippen LogP contribution in [0.1, 0.15) is 31.2 Å². The first-order chi connectivity index (χ1) is 8.65. The quantitative estimate of drug-likeness (QED) is 0.890. The van der Waals surface area contributed by atoms with Gasteiger partial charge in [-0.2, -0.15) is 0 Å². The van der Waals surface area contributed by atoms with Gasteiger partial charge in [-0.25, -0.2) is 4.39 Å². The highest BCUT2D eigenvalue weighted by Crippen LogP contribution is 2.19. The lowest BCUT2D eigenvalue weighted by atomic mass is 10.1. The van der Waals surface area contributed by atoms with Gasteiger partial charge >= 0.3 is 0 Å². The SMILES string of the molecule is O=C(CNC1CCCC1)Cc1cc(F)ccc1Cl. The summed E-state index contributed by atoms with van der Waals surface area (Å²) in [6.07, 6.45) is 4.96. The number of Topliss-reactive ketones (excluding diaryl/α,β-unsaturated/α-hetero) is 1. The highest BCUT2D eigenvalue weighted by Gasteiger charge is 2.16. The van der Waals surface area contributed by atoms with Crippen LogP contribution in [0.2, 0.25) is 5.02 Å². The lowest BCUT2D eigenvalue weighted by Crippen LogP contribution is -2.32. The van der Waals surface area contributed by atoms with E-state index in [0.29, 0.717) is 23.2 Å². The normalized spacial score (nSPS) is 16.1. The molecular formula is C14H17ClFNO. The lowest BCUT2D eigenvalue weighted by molar-refractivity contribution is -0.117. The minimum Gasteiger partial charge on any atom is -0.307 e. The Morgan fingerprint density at radius 2 is 2.11 bits per heavy atom. The highest BCUT2D eigenvalue weighted by molar-refractivity contribution is 6.31. The summed E-state index contributed by atoms with van der Waals surface area (Å²) in [5, 5.41) is 3.70. The third-order valence-corrected chi connectivity index (χ3v) is 3.71. The van der Waals surface area contributed by atoms with Gasteiger partial charge < -0.3 is 5.32 Å². The number of carbonyl (C=O) groups excluding carboxylic acids is 1. The molecule has 0 saturated heterocycles. The number of benzene rings is 1. The van der Waals surface area contributed by atoms with Crippen molar-refractivity contribution in [1.82, 2.24) is 5.32 Å². The zero-order valence-corrected chi connectivity index (χ0v) is 11.0. The van der Waals surface area contributed by atoms with Crippen molar-refractivity contribution in [2.24, 2.45) is 0 Å². The molecule has 0 radical (unpaired) electrons. The third-order valence-electron chi connectivity index (χ3n) is 3.34. The predicted molar refractivity (Wildman–Crippen MR) is 70.4 cm³/mol. The Bertz CT molecular complexity index is 430. The van der Waals surface area contributed by atoms with E-state index in [-0.39, 0.29) is 18.0 Å². The van der Waals surface area contributed by atoms with Gasteiger partial charge in [0.1, 0.15) is 5.82 Å². The van der Waals surface area contributed by atoms with Crippen molar-refractivity contribution < 1.29 is 9.18 Å². The Morgan fingerprint density at radius 1 is 1.39 bits per heavy atom. The van der Waals surface area contributed by atoms with Gasteiger partial charge in [-0.05, 0) is 36.6 Å². The zero-order chi connectivity index (χ0) is 13.0. The summed E-state index contributed by atoms with van der Waals surface area (Å²) in [6.45, 7) is 0.345. The van der Waals surface area contributed by atoms with Crippen molar-refractivity contribution in [3.05, 3.63) is 34.6 Å². The maximum Gasteiger partial charge on any atom is 0.151 e. The molecule has 18 heavy (non-hydrogen) atoms. The van der Waals surface area contributed by atoms with E-state index in [4.69, 9.17) is 11.6 Å². The summed E-state index contributed by atoms with van der Waals surface area (Å²) < 4.78 is 13.0. The van der Waals surface area contributed by atoms with Gasteiger partial charge in [-0.1, -0.05) is 24.4 Å². The van der Waals surface area contributed by atoms with Crippen LogP contribution >= 0.6 is 11.6 Å². The van der Waals surface area contributed by atoms with Crippen LogP contribution in [0, 0.1) is 5.82 Å². The number of hydrogen-bond donors (Lipinski definition) is 1. The molecule has 0 unspecified atom stereocenters. The lowest BCUT2D eigenvalue weighted by Gasteiger charge is -2.11. The smallest absolute Gasteiger partial charge is 0.151 e. The van der Waals surface area contributed by atoms with Gasteiger partial charge in [0.15, 0.2) is 5.78 Å². The highest BCUT2D eigenvalue weighted by atomic mass is 35.5. The number of halogens is 2. The average molecular weight is 270 g/mol. The Hall–Kier alpha value is -0.930. The standard InChI is InChI=1S/C14H17ClFNO/c15-14-6-5-11(16)7-10(14)8-13(18)9-17-12-3-1-2-4-12/h5-7,12,17H,1-4,8-9H2. The number of carbonyl (C=O) groups is 1. The monoisotopic (exact) mass is 269 g/mol. The molecule has 1 aliphatic rings. The Morgan fingerprint density at radius 3 is 2.83 bits per heavy atom. The van der Waals surface area contributed by atoms with Gasteiger partial charge in [0.2, 0.25) is 0 Å². The summed E-state index contributed by atoms with van der Waals surface area (Å²) >= 11 is 5.93. The van der Waals surface area contributed by atoms with Gasteiger partial charge in [-0.15, -0.1) is 0 Å². The van der Waals surface area contributed by atoms with E-state index in [0.717, 1.165) is 12.8 Å². The van der Waals surface area contributed by atoms with Gasteiger partial charge in [0.05, 0.1) is 6.54 Å². The molecule has 0 atom stereocenters. The van der Waals surface area contributed by atoms with Crippen LogP contribution in [0.5, 0.6) is 0 Å². The van der Waals surface area contributed by atoms with E-state index in [1.165, 1.54) is 31.0 Å². The van der Waals surface area contributed by atoms with Crippen LogP contribution in [0.15, 0.2) is 18.2 Å². The molecule has 1 saturated carbocycles. The second kappa shape index (κ2) is 6.30. The molecule has 98 valence electrons. The first kappa shape index (κ1) is 13.5. The second-order valence-electron chi connectivity index (χ2n) is 4.81. The average Bonchev–Trinajstić information content (AvgIpc) is 2.84. The van der Waals surface area contributed by atoms with Crippen LogP contribution in [-0.4, -0.2) is 18.4 Å². The van der Waals surface area contributed by atoms with E-state index in [1.807, 2.05) is 0 Å². The number of hydrogen-bond acceptors (Lipinski definition) is 2. The molecule has 0 aromatic heterocycles. The largest absolute Gasteiger partial charge is 0.307 e. The van der Waals surface area contributed by atoms with Crippen LogP contribution in [0.3, 0.4) is 0 Å². The first-order valence-electron chi connectivity index (χ1n) is 6.34. The maximum atomic E-state index is 13.0. The summed E-state index contributed by atoms with van der Waals surface area (Å²) in [6, 6.07) is 4.59. The molecule has 1 aromatic carbocycles. The minimum atomic E-state index is -0.356. The summed E-state index contributed by atoms with van der Waals surface area (Å²) in [7, 11) is 0. The van der Waals surface area contributed by atoms with Gasteiger partial charge in [0.25, 0.3) is 0 Å². The van der Waals surface area contributed by atoms with Gasteiger partial charge in [0, 0.05) is 17.5 Å². The maximum absolute atomic E-state index is 13.0. The molecule has 0 spiro atoms. The molecule has 0 heterocycles. The van der Waals surface area contributed by atoms with E-state index < -0.39 is 0 Å². The topological polar surface area (TPSA) is 29.1 Å². The van der Waals surface area contributed by atoms with E-state index in [2.05, 4.69) is 5.32 Å². The number of rotatable bonds is 5. The first-order valence-corrected chi connectivity index (χ1v) is 6.72. The van der Waals surface area contributed by atoms with Crippen molar-refractivity contribution >= 4 is 17.4 Å². The number of nitrogens with one attached hydrogen (secondary N) is 1. The third kappa shape index (κ3) is 3.79. The fourth-order valence-electron chi connectivity index (χ4n) is 2.34. The fraction of sp³-hybridized carbons (Fsp3) is 0.500. The fourth-order valence-corrected chi connectivity index (χ4v) is 2.53. The Kier molecular flexibility index (Phi) is 4.72. The molecule has 1 aliphatic carbocycles.